The summed E-state index contributed by atoms with van der Waals surface area (Å²) in [6.07, 6.45) is 5.12. The highest BCUT2D eigenvalue weighted by molar-refractivity contribution is 5.97. The number of fused-ring (bicyclic) bond motifs is 1. The monoisotopic (exact) mass is 294 g/mol. The first-order valence-electron chi connectivity index (χ1n) is 8.32. The van der Waals surface area contributed by atoms with Gasteiger partial charge >= 0.3 is 0 Å². The Bertz CT molecular complexity index is 418. The van der Waals surface area contributed by atoms with Crippen LogP contribution in [0.5, 0.6) is 0 Å². The Kier molecular flexibility index (Phi) is 4.20. The highest BCUT2D eigenvalue weighted by atomic mass is 16.5. The van der Waals surface area contributed by atoms with Crippen LogP contribution in [-0.2, 0) is 14.3 Å². The topological polar surface area (TPSA) is 49.9 Å². The average molecular weight is 294 g/mol. The summed E-state index contributed by atoms with van der Waals surface area (Å²) in [5.74, 6) is 0.425. The molecule has 0 aromatic carbocycles. The lowest BCUT2D eigenvalue weighted by molar-refractivity contribution is -0.164. The van der Waals surface area contributed by atoms with Crippen LogP contribution < -0.4 is 0 Å². The summed E-state index contributed by atoms with van der Waals surface area (Å²) < 4.78 is 5.78. The molecule has 5 nitrogen and oxygen atoms in total. The molecule has 5 heteroatoms. The first-order chi connectivity index (χ1) is 10.1. The molecule has 0 aromatic heterocycles. The van der Waals surface area contributed by atoms with Gasteiger partial charge in [-0.15, -0.1) is 0 Å². The van der Waals surface area contributed by atoms with Crippen LogP contribution in [0.4, 0.5) is 0 Å². The van der Waals surface area contributed by atoms with Crippen LogP contribution in [0.3, 0.4) is 0 Å². The van der Waals surface area contributed by atoms with Gasteiger partial charge in [0.2, 0.25) is 11.8 Å². The molecule has 3 atom stereocenters. The molecule has 0 spiro atoms. The van der Waals surface area contributed by atoms with Crippen molar-refractivity contribution in [3.63, 3.8) is 0 Å². The largest absolute Gasteiger partial charge is 0.376 e. The third-order valence-corrected chi connectivity index (χ3v) is 5.00. The van der Waals surface area contributed by atoms with Crippen LogP contribution in [0.15, 0.2) is 0 Å². The molecule has 0 aromatic rings. The summed E-state index contributed by atoms with van der Waals surface area (Å²) in [4.78, 5) is 29.2. The normalized spacial score (nSPS) is 33.8. The number of carbonyl (C=O) groups is 2. The van der Waals surface area contributed by atoms with Crippen LogP contribution in [0.2, 0.25) is 0 Å². The van der Waals surface area contributed by atoms with Crippen molar-refractivity contribution in [3.8, 4) is 0 Å². The Balaban J connectivity index is 1.80. The highest BCUT2D eigenvalue weighted by Crippen LogP contribution is 2.30. The molecule has 0 aliphatic carbocycles. The molecule has 0 bridgehead atoms. The van der Waals surface area contributed by atoms with Gasteiger partial charge in [0, 0.05) is 19.7 Å². The predicted molar refractivity (Wildman–Crippen MR) is 78.7 cm³/mol. The second-order valence-electron chi connectivity index (χ2n) is 6.86. The summed E-state index contributed by atoms with van der Waals surface area (Å²) in [6, 6.07) is -0.520. The maximum absolute atomic E-state index is 12.8. The van der Waals surface area contributed by atoms with Gasteiger partial charge in [0.25, 0.3) is 0 Å². The number of rotatable bonds is 3. The summed E-state index contributed by atoms with van der Waals surface area (Å²) in [5.41, 5.74) is 0. The summed E-state index contributed by atoms with van der Waals surface area (Å²) >= 11 is 0. The van der Waals surface area contributed by atoms with E-state index in [0.29, 0.717) is 6.54 Å². The second kappa shape index (κ2) is 5.95. The lowest BCUT2D eigenvalue weighted by Crippen LogP contribution is -2.65. The van der Waals surface area contributed by atoms with Gasteiger partial charge in [-0.05, 0) is 38.0 Å². The van der Waals surface area contributed by atoms with Crippen molar-refractivity contribution >= 4 is 11.8 Å². The first-order valence-corrected chi connectivity index (χ1v) is 8.32. The number of piperazine rings is 1. The SMILES string of the molecule is CC(C)C1C(=O)N2CCCC2C(=O)N1CC1CCCCO1. The van der Waals surface area contributed by atoms with Crippen molar-refractivity contribution in [1.82, 2.24) is 9.80 Å². The molecule has 21 heavy (non-hydrogen) atoms. The summed E-state index contributed by atoms with van der Waals surface area (Å²) in [7, 11) is 0. The van der Waals surface area contributed by atoms with E-state index in [4.69, 9.17) is 4.74 Å². The number of hydrogen-bond acceptors (Lipinski definition) is 3. The lowest BCUT2D eigenvalue weighted by atomic mass is 9.95. The van der Waals surface area contributed by atoms with Gasteiger partial charge in [0.1, 0.15) is 12.1 Å². The fourth-order valence-electron chi connectivity index (χ4n) is 3.94. The van der Waals surface area contributed by atoms with Gasteiger partial charge in [0.05, 0.1) is 6.10 Å². The van der Waals surface area contributed by atoms with E-state index in [1.807, 2.05) is 23.6 Å². The molecule has 3 aliphatic heterocycles. The number of carbonyl (C=O) groups excluding carboxylic acids is 2. The molecule has 2 amide bonds. The van der Waals surface area contributed by atoms with E-state index in [2.05, 4.69) is 0 Å². The Hall–Kier alpha value is -1.10. The minimum Gasteiger partial charge on any atom is -0.376 e. The third-order valence-electron chi connectivity index (χ3n) is 5.00. The van der Waals surface area contributed by atoms with Crippen LogP contribution in [0, 0.1) is 5.92 Å². The summed E-state index contributed by atoms with van der Waals surface area (Å²) in [5, 5.41) is 0. The maximum Gasteiger partial charge on any atom is 0.246 e. The van der Waals surface area contributed by atoms with Gasteiger partial charge in [-0.3, -0.25) is 9.59 Å². The first kappa shape index (κ1) is 14.8. The lowest BCUT2D eigenvalue weighted by Gasteiger charge is -2.45. The Morgan fingerprint density at radius 3 is 2.62 bits per heavy atom. The van der Waals surface area contributed by atoms with Gasteiger partial charge < -0.3 is 14.5 Å². The Morgan fingerprint density at radius 1 is 1.14 bits per heavy atom. The highest BCUT2D eigenvalue weighted by Gasteiger charge is 2.49. The van der Waals surface area contributed by atoms with Crippen LogP contribution in [-0.4, -0.2) is 59.5 Å². The maximum atomic E-state index is 12.8. The zero-order valence-corrected chi connectivity index (χ0v) is 13.1. The minimum atomic E-state index is -0.308. The molecule has 118 valence electrons. The van der Waals surface area contributed by atoms with E-state index in [1.165, 1.54) is 0 Å². The van der Waals surface area contributed by atoms with Crippen molar-refractivity contribution in [2.24, 2.45) is 5.92 Å². The van der Waals surface area contributed by atoms with Crippen molar-refractivity contribution < 1.29 is 14.3 Å². The molecule has 3 aliphatic rings. The van der Waals surface area contributed by atoms with Crippen molar-refractivity contribution in [1.29, 1.82) is 0 Å². The quantitative estimate of drug-likeness (QED) is 0.791. The smallest absolute Gasteiger partial charge is 0.246 e. The van der Waals surface area contributed by atoms with Crippen molar-refractivity contribution in [2.45, 2.75) is 64.1 Å². The molecular formula is C16H26N2O3. The molecule has 3 saturated heterocycles. The van der Waals surface area contributed by atoms with E-state index in [1.54, 1.807) is 0 Å². The fraction of sp³-hybridized carbons (Fsp3) is 0.875. The molecule has 3 fully saturated rings. The summed E-state index contributed by atoms with van der Waals surface area (Å²) in [6.45, 7) is 6.16. The van der Waals surface area contributed by atoms with Gasteiger partial charge in [-0.1, -0.05) is 13.8 Å². The van der Waals surface area contributed by atoms with Gasteiger partial charge in [-0.2, -0.15) is 0 Å². The molecule has 0 N–H and O–H groups in total. The van der Waals surface area contributed by atoms with E-state index < -0.39 is 0 Å². The third kappa shape index (κ3) is 2.68. The van der Waals surface area contributed by atoms with Crippen molar-refractivity contribution in [2.75, 3.05) is 19.7 Å². The Labute approximate surface area is 126 Å². The average Bonchev–Trinajstić information content (AvgIpc) is 2.95. The Morgan fingerprint density at radius 2 is 1.95 bits per heavy atom. The predicted octanol–water partition coefficient (Wildman–Crippen LogP) is 1.41. The van der Waals surface area contributed by atoms with E-state index in [9.17, 15) is 9.59 Å². The molecule has 0 saturated carbocycles. The number of ether oxygens (including phenoxy) is 1. The molecule has 3 rings (SSSR count). The van der Waals surface area contributed by atoms with Crippen LogP contribution >= 0.6 is 0 Å². The number of amides is 2. The molecule has 3 heterocycles. The zero-order chi connectivity index (χ0) is 15.0. The molecule has 3 unspecified atom stereocenters. The van der Waals surface area contributed by atoms with E-state index in [-0.39, 0.29) is 35.9 Å². The van der Waals surface area contributed by atoms with Crippen LogP contribution in [0.25, 0.3) is 0 Å². The number of nitrogens with zero attached hydrogens (tertiary/aromatic N) is 2. The van der Waals surface area contributed by atoms with Gasteiger partial charge in [-0.25, -0.2) is 0 Å². The molecular weight excluding hydrogens is 268 g/mol. The van der Waals surface area contributed by atoms with E-state index >= 15 is 0 Å². The second-order valence-corrected chi connectivity index (χ2v) is 6.86. The van der Waals surface area contributed by atoms with E-state index in [0.717, 1.165) is 45.3 Å². The van der Waals surface area contributed by atoms with Gasteiger partial charge in [0.15, 0.2) is 0 Å². The minimum absolute atomic E-state index is 0.102. The standard InChI is InChI=1S/C16H26N2O3/c1-11(2)14-16(20)17-8-5-7-13(17)15(19)18(14)10-12-6-3-4-9-21-12/h11-14H,3-10H2,1-2H3. The fourth-order valence-corrected chi connectivity index (χ4v) is 3.94. The molecule has 0 radical (unpaired) electrons. The van der Waals surface area contributed by atoms with Crippen molar-refractivity contribution in [3.05, 3.63) is 0 Å². The number of hydrogen-bond donors (Lipinski definition) is 0. The van der Waals surface area contributed by atoms with Crippen LogP contribution in [0.1, 0.15) is 46.0 Å². The zero-order valence-electron chi connectivity index (χ0n) is 13.1.